The summed E-state index contributed by atoms with van der Waals surface area (Å²) in [6.07, 6.45) is -0.737. The molecule has 156 valence electrons. The maximum absolute atomic E-state index is 9.51. The Morgan fingerprint density at radius 1 is 0.714 bits per heavy atom. The number of aliphatic hydroxyl groups is 4. The molecule has 0 heterocycles. The van der Waals surface area contributed by atoms with Gasteiger partial charge in [0.2, 0.25) is 0 Å². The second-order valence-corrected chi connectivity index (χ2v) is 7.40. The van der Waals surface area contributed by atoms with Crippen molar-refractivity contribution < 1.29 is 29.9 Å². The van der Waals surface area contributed by atoms with Crippen LogP contribution in [-0.2, 0) is 22.3 Å². The lowest BCUT2D eigenvalue weighted by Gasteiger charge is -2.18. The number of benzene rings is 2. The molecule has 0 radical (unpaired) electrons. The number of aliphatic hydroxyl groups excluding tert-OH is 4. The second kappa shape index (κ2) is 11.5. The lowest BCUT2D eigenvalue weighted by molar-refractivity contribution is -0.0261. The van der Waals surface area contributed by atoms with Gasteiger partial charge in [-0.3, -0.25) is 0 Å². The molecule has 0 aliphatic carbocycles. The van der Waals surface area contributed by atoms with Gasteiger partial charge in [0.15, 0.2) is 0 Å². The van der Waals surface area contributed by atoms with Crippen LogP contribution in [0.5, 0.6) is 0 Å². The van der Waals surface area contributed by atoms with Crippen molar-refractivity contribution in [2.75, 3.05) is 26.4 Å². The highest BCUT2D eigenvalue weighted by Gasteiger charge is 2.13. The summed E-state index contributed by atoms with van der Waals surface area (Å²) >= 11 is 0. The molecule has 4 unspecified atom stereocenters. The average molecular weight is 392 g/mol. The number of ether oxygens (including phenoxy) is 2. The van der Waals surface area contributed by atoms with Gasteiger partial charge in [0.1, 0.15) is 0 Å². The van der Waals surface area contributed by atoms with E-state index in [2.05, 4.69) is 12.1 Å². The molecule has 0 amide bonds. The van der Waals surface area contributed by atoms with E-state index in [0.717, 1.165) is 21.9 Å². The molecule has 0 saturated heterocycles. The van der Waals surface area contributed by atoms with Gasteiger partial charge in [0, 0.05) is 12.8 Å². The van der Waals surface area contributed by atoms with Crippen LogP contribution in [0.4, 0.5) is 0 Å². The predicted octanol–water partition coefficient (Wildman–Crippen LogP) is 1.44. The van der Waals surface area contributed by atoms with Crippen molar-refractivity contribution in [3.05, 3.63) is 47.5 Å². The Morgan fingerprint density at radius 2 is 1.14 bits per heavy atom. The summed E-state index contributed by atoms with van der Waals surface area (Å²) in [6.45, 7) is 3.47. The van der Waals surface area contributed by atoms with Crippen LogP contribution in [0.1, 0.15) is 25.0 Å². The van der Waals surface area contributed by atoms with Crippen molar-refractivity contribution >= 4 is 10.8 Å². The zero-order valence-corrected chi connectivity index (χ0v) is 16.6. The van der Waals surface area contributed by atoms with Gasteiger partial charge in [-0.2, -0.15) is 0 Å². The van der Waals surface area contributed by atoms with Crippen molar-refractivity contribution in [1.82, 2.24) is 0 Å². The fourth-order valence-electron chi connectivity index (χ4n) is 3.03. The molecule has 0 bridgehead atoms. The molecule has 2 aromatic rings. The molecule has 2 aromatic carbocycles. The number of fused-ring (bicyclic) bond motifs is 1. The lowest BCUT2D eigenvalue weighted by atomic mass is 9.99. The Bertz CT molecular complexity index is 658. The average Bonchev–Trinajstić information content (AvgIpc) is 2.67. The summed E-state index contributed by atoms with van der Waals surface area (Å²) in [4.78, 5) is 0. The van der Waals surface area contributed by atoms with E-state index < -0.39 is 12.2 Å². The molecular weight excluding hydrogens is 360 g/mol. The fourth-order valence-corrected chi connectivity index (χ4v) is 3.03. The van der Waals surface area contributed by atoms with Crippen molar-refractivity contribution in [3.8, 4) is 0 Å². The molecule has 4 N–H and O–H groups in total. The van der Waals surface area contributed by atoms with Crippen LogP contribution in [-0.4, -0.2) is 71.3 Å². The molecule has 2 rings (SSSR count). The van der Waals surface area contributed by atoms with Crippen molar-refractivity contribution in [2.24, 2.45) is 0 Å². The van der Waals surface area contributed by atoms with Gasteiger partial charge in [-0.15, -0.1) is 0 Å². The maximum atomic E-state index is 9.51. The third kappa shape index (κ3) is 7.47. The van der Waals surface area contributed by atoms with Gasteiger partial charge in [-0.25, -0.2) is 0 Å². The van der Waals surface area contributed by atoms with Crippen LogP contribution >= 0.6 is 0 Å². The maximum Gasteiger partial charge on any atom is 0.0847 e. The van der Waals surface area contributed by atoms with Gasteiger partial charge < -0.3 is 29.9 Å². The molecule has 0 aliphatic heterocycles. The van der Waals surface area contributed by atoms with Gasteiger partial charge in [0.25, 0.3) is 0 Å². The van der Waals surface area contributed by atoms with Crippen LogP contribution < -0.4 is 0 Å². The van der Waals surface area contributed by atoms with Gasteiger partial charge in [-0.05, 0) is 35.7 Å². The monoisotopic (exact) mass is 392 g/mol. The molecular formula is C22H32O6. The van der Waals surface area contributed by atoms with Crippen LogP contribution in [0.15, 0.2) is 36.4 Å². The Kier molecular flexibility index (Phi) is 9.31. The van der Waals surface area contributed by atoms with E-state index in [0.29, 0.717) is 12.8 Å². The standard InChI is InChI=1S/C22H32O6/c1-15(25)13-27-21(11-23)9-17-3-5-19-6-4-18(8-20(19)7-17)10-22(12-24)28-14-16(2)26/h3-8,15-16,21-26H,9-14H2,1-2H3. The van der Waals surface area contributed by atoms with E-state index in [4.69, 9.17) is 9.47 Å². The summed E-state index contributed by atoms with van der Waals surface area (Å²) in [6, 6.07) is 12.2. The zero-order valence-electron chi connectivity index (χ0n) is 16.6. The molecule has 0 aliphatic rings. The number of hydrogen-bond donors (Lipinski definition) is 4. The van der Waals surface area contributed by atoms with Gasteiger partial charge in [-0.1, -0.05) is 36.4 Å². The van der Waals surface area contributed by atoms with Crippen molar-refractivity contribution in [3.63, 3.8) is 0 Å². The summed E-state index contributed by atoms with van der Waals surface area (Å²) in [5, 5.41) is 39.9. The zero-order chi connectivity index (χ0) is 20.5. The van der Waals surface area contributed by atoms with Gasteiger partial charge >= 0.3 is 0 Å². The minimum atomic E-state index is -0.566. The highest BCUT2D eigenvalue weighted by Crippen LogP contribution is 2.21. The molecule has 6 heteroatoms. The summed E-state index contributed by atoms with van der Waals surface area (Å²) in [7, 11) is 0. The third-order valence-corrected chi connectivity index (χ3v) is 4.45. The van der Waals surface area contributed by atoms with Gasteiger partial charge in [0.05, 0.1) is 50.8 Å². The quantitative estimate of drug-likeness (QED) is 0.436. The predicted molar refractivity (Wildman–Crippen MR) is 108 cm³/mol. The first-order valence-electron chi connectivity index (χ1n) is 9.73. The normalized spacial score (nSPS) is 16.1. The highest BCUT2D eigenvalue weighted by molar-refractivity contribution is 5.83. The smallest absolute Gasteiger partial charge is 0.0847 e. The first-order chi connectivity index (χ1) is 13.4. The van der Waals surface area contributed by atoms with Crippen LogP contribution in [0.25, 0.3) is 10.8 Å². The Labute approximate surface area is 166 Å². The van der Waals surface area contributed by atoms with E-state index in [1.54, 1.807) is 13.8 Å². The first kappa shape index (κ1) is 22.7. The minimum Gasteiger partial charge on any atom is -0.394 e. The van der Waals surface area contributed by atoms with Crippen LogP contribution in [0.2, 0.25) is 0 Å². The van der Waals surface area contributed by atoms with E-state index in [1.165, 1.54) is 0 Å². The van der Waals surface area contributed by atoms with Crippen molar-refractivity contribution in [2.45, 2.75) is 51.1 Å². The largest absolute Gasteiger partial charge is 0.394 e. The van der Waals surface area contributed by atoms with E-state index in [1.807, 2.05) is 24.3 Å². The van der Waals surface area contributed by atoms with Crippen molar-refractivity contribution in [1.29, 1.82) is 0 Å². The molecule has 4 atom stereocenters. The minimum absolute atomic E-state index is 0.108. The van der Waals surface area contributed by atoms with E-state index in [-0.39, 0.29) is 38.6 Å². The Balaban J connectivity index is 2.09. The molecule has 0 spiro atoms. The molecule has 0 saturated carbocycles. The van der Waals surface area contributed by atoms with Crippen LogP contribution in [0, 0.1) is 0 Å². The first-order valence-corrected chi connectivity index (χ1v) is 9.73. The molecule has 28 heavy (non-hydrogen) atoms. The molecule has 0 fully saturated rings. The number of rotatable bonds is 12. The lowest BCUT2D eigenvalue weighted by Crippen LogP contribution is -2.25. The second-order valence-electron chi connectivity index (χ2n) is 7.40. The fraction of sp³-hybridized carbons (Fsp3) is 0.545. The summed E-state index contributed by atoms with van der Waals surface area (Å²) in [5.74, 6) is 0. The summed E-state index contributed by atoms with van der Waals surface area (Å²) < 4.78 is 11.1. The van der Waals surface area contributed by atoms with E-state index >= 15 is 0 Å². The highest BCUT2D eigenvalue weighted by atomic mass is 16.5. The topological polar surface area (TPSA) is 99.4 Å². The summed E-state index contributed by atoms with van der Waals surface area (Å²) in [5.41, 5.74) is 2.08. The number of hydrogen-bond acceptors (Lipinski definition) is 6. The van der Waals surface area contributed by atoms with E-state index in [9.17, 15) is 20.4 Å². The SMILES string of the molecule is CC(O)COC(CO)Cc1ccc2ccc(CC(CO)OCC(C)O)cc2c1. The Hall–Kier alpha value is -1.54. The Morgan fingerprint density at radius 3 is 1.50 bits per heavy atom. The molecule has 6 nitrogen and oxygen atoms in total. The van der Waals surface area contributed by atoms with Crippen LogP contribution in [0.3, 0.4) is 0 Å². The molecule has 0 aromatic heterocycles. The third-order valence-electron chi connectivity index (χ3n) is 4.45.